The Balaban J connectivity index is 1.66. The van der Waals surface area contributed by atoms with Gasteiger partial charge in [0, 0.05) is 30.0 Å². The van der Waals surface area contributed by atoms with E-state index >= 15 is 0 Å². The van der Waals surface area contributed by atoms with Crippen LogP contribution in [-0.4, -0.2) is 30.7 Å². The third-order valence-corrected chi connectivity index (χ3v) is 4.90. The van der Waals surface area contributed by atoms with Crippen LogP contribution in [0.2, 0.25) is 0 Å². The van der Waals surface area contributed by atoms with E-state index < -0.39 is 0 Å². The summed E-state index contributed by atoms with van der Waals surface area (Å²) in [7, 11) is 0. The van der Waals surface area contributed by atoms with Gasteiger partial charge in [0.15, 0.2) is 0 Å². The molecular weight excluding hydrogens is 366 g/mol. The Bertz CT molecular complexity index is 635. The molecule has 3 nitrogen and oxygen atoms in total. The largest absolute Gasteiger partial charge is 0.296 e. The van der Waals surface area contributed by atoms with E-state index in [1.807, 2.05) is 6.92 Å². The molecule has 1 saturated heterocycles. The molecule has 0 saturated carbocycles. The zero-order valence-corrected chi connectivity index (χ0v) is 15.6. The minimum atomic E-state index is 0.118. The van der Waals surface area contributed by atoms with Gasteiger partial charge >= 0.3 is 0 Å². The molecule has 1 heterocycles. The first kappa shape index (κ1) is 17.6. The first-order chi connectivity index (χ1) is 11.7. The number of likely N-dealkylation sites (tertiary alicyclic amines) is 1. The predicted octanol–water partition coefficient (Wildman–Crippen LogP) is 4.46. The summed E-state index contributed by atoms with van der Waals surface area (Å²) in [4.78, 5) is 13.4. The van der Waals surface area contributed by atoms with Crippen molar-refractivity contribution in [1.82, 2.24) is 4.90 Å². The van der Waals surface area contributed by atoms with Crippen LogP contribution in [0, 0.1) is 5.92 Å². The average Bonchev–Trinajstić information content (AvgIpc) is 2.95. The Morgan fingerprint density at radius 3 is 2.58 bits per heavy atom. The van der Waals surface area contributed by atoms with Gasteiger partial charge in [-0.05, 0) is 36.6 Å². The van der Waals surface area contributed by atoms with Gasteiger partial charge in [-0.1, -0.05) is 58.4 Å². The Morgan fingerprint density at radius 2 is 1.83 bits per heavy atom. The number of nitrogens with zero attached hydrogens (tertiary/aromatic N) is 1. The minimum Gasteiger partial charge on any atom is -0.296 e. The highest BCUT2D eigenvalue weighted by Gasteiger charge is 2.34. The average molecular weight is 390 g/mol. The van der Waals surface area contributed by atoms with E-state index in [-0.39, 0.29) is 6.10 Å². The van der Waals surface area contributed by atoms with E-state index in [1.54, 1.807) is 0 Å². The number of hydrogen-bond donors (Lipinski definition) is 0. The number of rotatable bonds is 7. The van der Waals surface area contributed by atoms with Crippen LogP contribution in [0.25, 0.3) is 0 Å². The van der Waals surface area contributed by atoms with Crippen molar-refractivity contribution in [1.29, 1.82) is 0 Å². The summed E-state index contributed by atoms with van der Waals surface area (Å²) < 4.78 is 1.13. The first-order valence-corrected chi connectivity index (χ1v) is 9.33. The van der Waals surface area contributed by atoms with E-state index in [0.29, 0.717) is 12.5 Å². The Labute approximate surface area is 152 Å². The summed E-state index contributed by atoms with van der Waals surface area (Å²) in [6.45, 7) is 5.44. The van der Waals surface area contributed by atoms with Gasteiger partial charge in [0.25, 0.3) is 0 Å². The van der Waals surface area contributed by atoms with Crippen molar-refractivity contribution in [3.05, 3.63) is 70.2 Å². The SMILES string of the molecule is CCOOC1CN(Cc2ccccc2)C[C@H]1Cc1cccc(Br)c1. The maximum absolute atomic E-state index is 5.68. The molecule has 2 aromatic rings. The number of benzene rings is 2. The molecule has 3 rings (SSSR count). The summed E-state index contributed by atoms with van der Waals surface area (Å²) in [5.41, 5.74) is 2.68. The van der Waals surface area contributed by atoms with Gasteiger partial charge in [-0.15, -0.1) is 0 Å². The first-order valence-electron chi connectivity index (χ1n) is 8.53. The molecule has 0 aliphatic carbocycles. The van der Waals surface area contributed by atoms with Crippen LogP contribution in [0.15, 0.2) is 59.1 Å². The lowest BCUT2D eigenvalue weighted by atomic mass is 9.97. The fourth-order valence-electron chi connectivity index (χ4n) is 3.33. The Kier molecular flexibility index (Phi) is 6.44. The van der Waals surface area contributed by atoms with Crippen LogP contribution in [0.3, 0.4) is 0 Å². The molecule has 24 heavy (non-hydrogen) atoms. The number of hydrogen-bond acceptors (Lipinski definition) is 3. The Morgan fingerprint density at radius 1 is 1.04 bits per heavy atom. The van der Waals surface area contributed by atoms with Crippen molar-refractivity contribution in [2.24, 2.45) is 5.92 Å². The molecule has 0 spiro atoms. The lowest BCUT2D eigenvalue weighted by Crippen LogP contribution is -2.25. The van der Waals surface area contributed by atoms with E-state index in [9.17, 15) is 0 Å². The van der Waals surface area contributed by atoms with E-state index in [1.165, 1.54) is 11.1 Å². The van der Waals surface area contributed by atoms with Crippen LogP contribution < -0.4 is 0 Å². The van der Waals surface area contributed by atoms with Gasteiger partial charge in [-0.3, -0.25) is 4.90 Å². The molecule has 1 unspecified atom stereocenters. The van der Waals surface area contributed by atoms with Gasteiger partial charge in [0.05, 0.1) is 6.61 Å². The van der Waals surface area contributed by atoms with Crippen LogP contribution >= 0.6 is 15.9 Å². The topological polar surface area (TPSA) is 21.7 Å². The van der Waals surface area contributed by atoms with E-state index in [4.69, 9.17) is 9.78 Å². The lowest BCUT2D eigenvalue weighted by molar-refractivity contribution is -0.324. The molecule has 2 aromatic carbocycles. The summed E-state index contributed by atoms with van der Waals surface area (Å²) in [6.07, 6.45) is 1.12. The monoisotopic (exact) mass is 389 g/mol. The molecule has 0 amide bonds. The van der Waals surface area contributed by atoms with Crippen LogP contribution in [0.1, 0.15) is 18.1 Å². The number of halogens is 1. The fourth-order valence-corrected chi connectivity index (χ4v) is 3.77. The second-order valence-electron chi connectivity index (χ2n) is 6.32. The standard InChI is InChI=1S/C20H24BrNO2/c1-2-23-24-20-15-22(13-16-7-4-3-5-8-16)14-18(20)11-17-9-6-10-19(21)12-17/h3-10,12,18,20H,2,11,13-15H2,1H3/t18-,20?/m1/s1. The van der Waals surface area contributed by atoms with E-state index in [0.717, 1.165) is 30.5 Å². The summed E-state index contributed by atoms with van der Waals surface area (Å²) in [6, 6.07) is 19.1. The van der Waals surface area contributed by atoms with Gasteiger partial charge in [-0.2, -0.15) is 0 Å². The van der Waals surface area contributed by atoms with Crippen molar-refractivity contribution in [3.63, 3.8) is 0 Å². The van der Waals surface area contributed by atoms with Crippen LogP contribution in [0.4, 0.5) is 0 Å². The maximum atomic E-state index is 5.68. The maximum Gasteiger partial charge on any atom is 0.110 e. The van der Waals surface area contributed by atoms with Gasteiger partial charge in [0.1, 0.15) is 6.10 Å². The van der Waals surface area contributed by atoms with E-state index in [2.05, 4.69) is 75.4 Å². The highest BCUT2D eigenvalue weighted by Crippen LogP contribution is 2.26. The van der Waals surface area contributed by atoms with Crippen LogP contribution in [-0.2, 0) is 22.7 Å². The predicted molar refractivity (Wildman–Crippen MR) is 99.6 cm³/mol. The second kappa shape index (κ2) is 8.77. The molecule has 4 heteroatoms. The van der Waals surface area contributed by atoms with Crippen LogP contribution in [0.5, 0.6) is 0 Å². The van der Waals surface area contributed by atoms with Crippen molar-refractivity contribution in [2.75, 3.05) is 19.7 Å². The highest BCUT2D eigenvalue weighted by atomic mass is 79.9. The molecule has 2 atom stereocenters. The molecule has 128 valence electrons. The summed E-state index contributed by atoms with van der Waals surface area (Å²) in [5.74, 6) is 0.439. The molecule has 1 aliphatic rings. The summed E-state index contributed by atoms with van der Waals surface area (Å²) in [5, 5.41) is 0. The van der Waals surface area contributed by atoms with Crippen molar-refractivity contribution < 1.29 is 9.78 Å². The highest BCUT2D eigenvalue weighted by molar-refractivity contribution is 9.10. The zero-order chi connectivity index (χ0) is 16.8. The lowest BCUT2D eigenvalue weighted by Gasteiger charge is -2.17. The minimum absolute atomic E-state index is 0.118. The molecule has 0 N–H and O–H groups in total. The smallest absolute Gasteiger partial charge is 0.110 e. The molecule has 1 aliphatic heterocycles. The molecule has 1 fully saturated rings. The van der Waals surface area contributed by atoms with Gasteiger partial charge < -0.3 is 0 Å². The quantitative estimate of drug-likeness (QED) is 0.515. The second-order valence-corrected chi connectivity index (χ2v) is 7.23. The third kappa shape index (κ3) is 4.90. The molecule has 0 aromatic heterocycles. The third-order valence-electron chi connectivity index (χ3n) is 4.40. The van der Waals surface area contributed by atoms with Gasteiger partial charge in [-0.25, -0.2) is 9.78 Å². The van der Waals surface area contributed by atoms with Gasteiger partial charge in [0.2, 0.25) is 0 Å². The molecule has 0 radical (unpaired) electrons. The Hall–Kier alpha value is -1.20. The normalized spacial score (nSPS) is 21.2. The summed E-state index contributed by atoms with van der Waals surface area (Å²) >= 11 is 3.56. The van der Waals surface area contributed by atoms with Crippen molar-refractivity contribution in [2.45, 2.75) is 26.0 Å². The van der Waals surface area contributed by atoms with Crippen molar-refractivity contribution >= 4 is 15.9 Å². The zero-order valence-electron chi connectivity index (χ0n) is 14.0. The molecular formula is C20H24BrNO2. The fraction of sp³-hybridized carbons (Fsp3) is 0.400. The van der Waals surface area contributed by atoms with Crippen molar-refractivity contribution in [3.8, 4) is 0 Å². The molecule has 0 bridgehead atoms.